The SMILES string of the molecule is C[C@@H]1CCN(C(=O)COC(=O)[C@H]2COCCO2)c2ccccc2S1. The normalized spacial score (nSPS) is 24.0. The molecule has 1 fully saturated rings. The number of thioether (sulfide) groups is 1. The number of rotatable bonds is 3. The Bertz CT molecular complexity index is 602. The summed E-state index contributed by atoms with van der Waals surface area (Å²) in [6, 6.07) is 7.82. The predicted octanol–water partition coefficient (Wildman–Crippen LogP) is 1.86. The van der Waals surface area contributed by atoms with E-state index in [1.807, 2.05) is 24.3 Å². The lowest BCUT2D eigenvalue weighted by Gasteiger charge is -2.24. The largest absolute Gasteiger partial charge is 0.454 e. The monoisotopic (exact) mass is 351 g/mol. The topological polar surface area (TPSA) is 65.1 Å². The summed E-state index contributed by atoms with van der Waals surface area (Å²) >= 11 is 1.76. The minimum atomic E-state index is -0.737. The first-order chi connectivity index (χ1) is 11.6. The number of hydrogen-bond acceptors (Lipinski definition) is 6. The fraction of sp³-hybridized carbons (Fsp3) is 0.529. The van der Waals surface area contributed by atoms with Gasteiger partial charge in [-0.3, -0.25) is 4.79 Å². The molecule has 7 heteroatoms. The Balaban J connectivity index is 1.63. The molecular formula is C17H21NO5S. The van der Waals surface area contributed by atoms with E-state index in [1.165, 1.54) is 0 Å². The first-order valence-corrected chi connectivity index (χ1v) is 8.95. The van der Waals surface area contributed by atoms with E-state index < -0.39 is 12.1 Å². The van der Waals surface area contributed by atoms with E-state index in [2.05, 4.69) is 6.92 Å². The molecule has 1 aromatic rings. The Morgan fingerprint density at radius 2 is 2.17 bits per heavy atom. The van der Waals surface area contributed by atoms with Crippen LogP contribution in [0.4, 0.5) is 5.69 Å². The predicted molar refractivity (Wildman–Crippen MR) is 90.2 cm³/mol. The number of hydrogen-bond donors (Lipinski definition) is 0. The van der Waals surface area contributed by atoms with Crippen LogP contribution < -0.4 is 4.90 Å². The third kappa shape index (κ3) is 4.09. The molecule has 0 radical (unpaired) electrons. The summed E-state index contributed by atoms with van der Waals surface area (Å²) in [7, 11) is 0. The highest BCUT2D eigenvalue weighted by molar-refractivity contribution is 8.00. The van der Waals surface area contributed by atoms with E-state index in [-0.39, 0.29) is 19.1 Å². The third-order valence-electron chi connectivity index (χ3n) is 3.96. The number of carbonyl (C=O) groups is 2. The summed E-state index contributed by atoms with van der Waals surface area (Å²) in [6.07, 6.45) is 0.150. The van der Waals surface area contributed by atoms with Crippen LogP contribution in [0.1, 0.15) is 13.3 Å². The maximum atomic E-state index is 12.6. The molecule has 3 rings (SSSR count). The zero-order chi connectivity index (χ0) is 16.9. The number of esters is 1. The maximum absolute atomic E-state index is 12.6. The maximum Gasteiger partial charge on any atom is 0.338 e. The van der Waals surface area contributed by atoms with Crippen LogP contribution in [0.25, 0.3) is 0 Å². The Morgan fingerprint density at radius 1 is 1.33 bits per heavy atom. The average Bonchev–Trinajstić information content (AvgIpc) is 2.78. The Kier molecular flexibility index (Phi) is 5.76. The molecular weight excluding hydrogens is 330 g/mol. The second-order valence-corrected chi connectivity index (χ2v) is 7.25. The van der Waals surface area contributed by atoms with Crippen molar-refractivity contribution >= 4 is 29.3 Å². The van der Waals surface area contributed by atoms with Crippen molar-refractivity contribution in [3.63, 3.8) is 0 Å². The minimum absolute atomic E-state index is 0.174. The van der Waals surface area contributed by atoms with E-state index in [9.17, 15) is 9.59 Å². The van der Waals surface area contributed by atoms with Gasteiger partial charge in [-0.2, -0.15) is 0 Å². The van der Waals surface area contributed by atoms with Gasteiger partial charge in [0.1, 0.15) is 0 Å². The smallest absolute Gasteiger partial charge is 0.338 e. The number of nitrogens with zero attached hydrogens (tertiary/aromatic N) is 1. The van der Waals surface area contributed by atoms with Crippen molar-refractivity contribution in [3.8, 4) is 0 Å². The van der Waals surface area contributed by atoms with Crippen LogP contribution in [0.15, 0.2) is 29.2 Å². The minimum Gasteiger partial charge on any atom is -0.454 e. The molecule has 130 valence electrons. The summed E-state index contributed by atoms with van der Waals surface area (Å²) < 4.78 is 15.6. The van der Waals surface area contributed by atoms with Gasteiger partial charge in [0.25, 0.3) is 5.91 Å². The lowest BCUT2D eigenvalue weighted by atomic mass is 10.2. The fourth-order valence-electron chi connectivity index (χ4n) is 2.67. The number of para-hydroxylation sites is 1. The lowest BCUT2D eigenvalue weighted by Crippen LogP contribution is -2.40. The van der Waals surface area contributed by atoms with Gasteiger partial charge in [-0.05, 0) is 18.6 Å². The van der Waals surface area contributed by atoms with Crippen LogP contribution in [0.5, 0.6) is 0 Å². The van der Waals surface area contributed by atoms with Gasteiger partial charge in [0.15, 0.2) is 12.7 Å². The molecule has 1 saturated heterocycles. The van der Waals surface area contributed by atoms with Crippen LogP contribution in [-0.2, 0) is 23.8 Å². The highest BCUT2D eigenvalue weighted by Gasteiger charge is 2.28. The molecule has 0 aliphatic carbocycles. The van der Waals surface area contributed by atoms with Crippen LogP contribution in [0.2, 0.25) is 0 Å². The van der Waals surface area contributed by atoms with Crippen molar-refractivity contribution < 1.29 is 23.8 Å². The summed E-state index contributed by atoms with van der Waals surface area (Å²) in [6.45, 7) is 3.49. The van der Waals surface area contributed by atoms with Gasteiger partial charge in [0, 0.05) is 16.7 Å². The van der Waals surface area contributed by atoms with Gasteiger partial charge in [-0.1, -0.05) is 19.1 Å². The molecule has 24 heavy (non-hydrogen) atoms. The highest BCUT2D eigenvalue weighted by Crippen LogP contribution is 2.37. The molecule has 1 aromatic carbocycles. The van der Waals surface area contributed by atoms with Gasteiger partial charge in [0.05, 0.1) is 25.5 Å². The van der Waals surface area contributed by atoms with Crippen molar-refractivity contribution in [2.75, 3.05) is 37.9 Å². The van der Waals surface area contributed by atoms with Crippen molar-refractivity contribution in [1.29, 1.82) is 0 Å². The van der Waals surface area contributed by atoms with Crippen molar-refractivity contribution in [2.45, 2.75) is 29.6 Å². The number of amides is 1. The quantitative estimate of drug-likeness (QED) is 0.775. The van der Waals surface area contributed by atoms with Crippen molar-refractivity contribution in [2.24, 2.45) is 0 Å². The summed E-state index contributed by atoms with van der Waals surface area (Å²) in [5, 5.41) is 0.430. The number of fused-ring (bicyclic) bond motifs is 1. The summed E-state index contributed by atoms with van der Waals surface area (Å²) in [4.78, 5) is 27.3. The van der Waals surface area contributed by atoms with Crippen LogP contribution >= 0.6 is 11.8 Å². The molecule has 0 spiro atoms. The number of anilines is 1. The van der Waals surface area contributed by atoms with E-state index in [1.54, 1.807) is 16.7 Å². The molecule has 0 bridgehead atoms. The Morgan fingerprint density at radius 3 is 2.96 bits per heavy atom. The zero-order valence-electron chi connectivity index (χ0n) is 13.6. The highest BCUT2D eigenvalue weighted by atomic mass is 32.2. The van der Waals surface area contributed by atoms with Crippen LogP contribution in [0, 0.1) is 0 Å². The van der Waals surface area contributed by atoms with Gasteiger partial charge in [-0.15, -0.1) is 11.8 Å². The van der Waals surface area contributed by atoms with Crippen LogP contribution in [-0.4, -0.2) is 56.2 Å². The Hall–Kier alpha value is -1.57. The first kappa shape index (κ1) is 17.3. The van der Waals surface area contributed by atoms with Gasteiger partial charge < -0.3 is 19.1 Å². The molecule has 6 nitrogen and oxygen atoms in total. The van der Waals surface area contributed by atoms with E-state index >= 15 is 0 Å². The molecule has 2 atom stereocenters. The molecule has 1 amide bonds. The molecule has 2 aliphatic heterocycles. The third-order valence-corrected chi connectivity index (χ3v) is 5.20. The Labute approximate surface area is 145 Å². The van der Waals surface area contributed by atoms with Gasteiger partial charge in [0.2, 0.25) is 0 Å². The lowest BCUT2D eigenvalue weighted by molar-refractivity contribution is -0.172. The number of benzene rings is 1. The van der Waals surface area contributed by atoms with Crippen LogP contribution in [0.3, 0.4) is 0 Å². The van der Waals surface area contributed by atoms with E-state index in [4.69, 9.17) is 14.2 Å². The molecule has 0 aromatic heterocycles. The number of ether oxygens (including phenoxy) is 3. The van der Waals surface area contributed by atoms with Crippen molar-refractivity contribution in [3.05, 3.63) is 24.3 Å². The standard InChI is InChI=1S/C17H21NO5S/c1-12-6-7-18(13-4-2-3-5-15(13)24-12)16(19)11-23-17(20)14-10-21-8-9-22-14/h2-5,12,14H,6-11H2,1H3/t12-,14-/m1/s1. The molecule has 0 saturated carbocycles. The van der Waals surface area contributed by atoms with E-state index in [0.717, 1.165) is 17.0 Å². The summed E-state index contributed by atoms with van der Waals surface area (Å²) in [5.74, 6) is -0.767. The average molecular weight is 351 g/mol. The molecule has 2 heterocycles. The van der Waals surface area contributed by atoms with Crippen molar-refractivity contribution in [1.82, 2.24) is 0 Å². The zero-order valence-corrected chi connectivity index (χ0v) is 14.4. The molecule has 0 N–H and O–H groups in total. The molecule has 2 aliphatic rings. The van der Waals surface area contributed by atoms with Gasteiger partial charge in [-0.25, -0.2) is 4.79 Å². The second kappa shape index (κ2) is 8.00. The van der Waals surface area contributed by atoms with E-state index in [0.29, 0.717) is 25.0 Å². The fourth-order valence-corrected chi connectivity index (χ4v) is 3.79. The molecule has 0 unspecified atom stereocenters. The first-order valence-electron chi connectivity index (χ1n) is 8.07. The van der Waals surface area contributed by atoms with Gasteiger partial charge >= 0.3 is 5.97 Å². The number of carbonyl (C=O) groups excluding carboxylic acids is 2. The second-order valence-electron chi connectivity index (χ2n) is 5.77. The summed E-state index contributed by atoms with van der Waals surface area (Å²) in [5.41, 5.74) is 0.880.